The van der Waals surface area contributed by atoms with Crippen LogP contribution in [0.1, 0.15) is 40.4 Å². The average Bonchev–Trinajstić information content (AvgIpc) is 3.24. The van der Waals surface area contributed by atoms with Crippen molar-refractivity contribution in [1.29, 1.82) is 0 Å². The van der Waals surface area contributed by atoms with E-state index < -0.39 is 6.37 Å². The van der Waals surface area contributed by atoms with Gasteiger partial charge in [-0.25, -0.2) is 0 Å². The van der Waals surface area contributed by atoms with Crippen molar-refractivity contribution in [2.45, 2.75) is 38.5 Å². The van der Waals surface area contributed by atoms with Crippen LogP contribution in [0.15, 0.2) is 67.1 Å². The SMILES string of the molecule is [2H]C([2H])(c1ccnc(-c2cncc3c2sc2c4ccccc4ccc32)c1)C1CCCCC1. The highest BCUT2D eigenvalue weighted by atomic mass is 32.1. The molecule has 0 saturated heterocycles. The van der Waals surface area contributed by atoms with Crippen molar-refractivity contribution in [2.24, 2.45) is 5.92 Å². The van der Waals surface area contributed by atoms with Crippen molar-refractivity contribution < 1.29 is 2.74 Å². The molecule has 0 N–H and O–H groups in total. The molecule has 5 aromatic rings. The number of rotatable bonds is 3. The van der Waals surface area contributed by atoms with Crippen LogP contribution in [0, 0.1) is 5.92 Å². The van der Waals surface area contributed by atoms with E-state index in [0.717, 1.165) is 52.6 Å². The molecule has 2 aromatic carbocycles. The molecule has 0 amide bonds. The Morgan fingerprint density at radius 2 is 1.80 bits per heavy atom. The predicted octanol–water partition coefficient (Wildman–Crippen LogP) is 7.79. The Balaban J connectivity index is 1.51. The summed E-state index contributed by atoms with van der Waals surface area (Å²) in [5.41, 5.74) is 2.52. The van der Waals surface area contributed by atoms with E-state index in [1.807, 2.05) is 24.5 Å². The molecule has 0 unspecified atom stereocenters. The molecule has 0 radical (unpaired) electrons. The van der Waals surface area contributed by atoms with Gasteiger partial charge in [0, 0.05) is 47.1 Å². The molecule has 1 saturated carbocycles. The number of hydrogen-bond donors (Lipinski definition) is 0. The molecule has 30 heavy (non-hydrogen) atoms. The van der Waals surface area contributed by atoms with Gasteiger partial charge in [-0.2, -0.15) is 0 Å². The van der Waals surface area contributed by atoms with Crippen LogP contribution < -0.4 is 0 Å². The monoisotopic (exact) mass is 410 g/mol. The highest BCUT2D eigenvalue weighted by Gasteiger charge is 2.16. The fourth-order valence-electron chi connectivity index (χ4n) is 4.75. The summed E-state index contributed by atoms with van der Waals surface area (Å²) in [5, 5.41) is 4.84. The smallest absolute Gasteiger partial charge is 0.0734 e. The lowest BCUT2D eigenvalue weighted by Crippen LogP contribution is -2.09. The van der Waals surface area contributed by atoms with Gasteiger partial charge in [0.2, 0.25) is 0 Å². The fourth-order valence-corrected chi connectivity index (χ4v) is 6.08. The summed E-state index contributed by atoms with van der Waals surface area (Å²) < 4.78 is 20.2. The van der Waals surface area contributed by atoms with E-state index >= 15 is 0 Å². The third kappa shape index (κ3) is 3.09. The van der Waals surface area contributed by atoms with Crippen LogP contribution in [0.4, 0.5) is 0 Å². The van der Waals surface area contributed by atoms with Crippen LogP contribution >= 0.6 is 11.3 Å². The Kier molecular flexibility index (Phi) is 3.98. The lowest BCUT2D eigenvalue weighted by atomic mass is 9.85. The van der Waals surface area contributed by atoms with E-state index in [0.29, 0.717) is 0 Å². The first kappa shape index (κ1) is 16.0. The summed E-state index contributed by atoms with van der Waals surface area (Å²) in [6, 6.07) is 16.7. The van der Waals surface area contributed by atoms with Crippen LogP contribution in [0.5, 0.6) is 0 Å². The minimum Gasteiger partial charge on any atom is -0.263 e. The Hall–Kier alpha value is -2.78. The lowest BCUT2D eigenvalue weighted by molar-refractivity contribution is 0.356. The molecule has 1 aliphatic carbocycles. The molecular weight excluding hydrogens is 384 g/mol. The van der Waals surface area contributed by atoms with Crippen LogP contribution in [0.2, 0.25) is 0 Å². The summed E-state index contributed by atoms with van der Waals surface area (Å²) in [4.78, 5) is 9.20. The van der Waals surface area contributed by atoms with Crippen molar-refractivity contribution >= 4 is 42.3 Å². The molecule has 0 spiro atoms. The van der Waals surface area contributed by atoms with Gasteiger partial charge in [0.1, 0.15) is 0 Å². The van der Waals surface area contributed by atoms with E-state index in [9.17, 15) is 0 Å². The van der Waals surface area contributed by atoms with E-state index in [4.69, 9.17) is 2.74 Å². The molecule has 148 valence electrons. The first-order valence-electron chi connectivity index (χ1n) is 11.8. The number of pyridine rings is 2. The summed E-state index contributed by atoms with van der Waals surface area (Å²) in [7, 11) is 0. The minimum absolute atomic E-state index is 0.0797. The second-order valence-electron chi connectivity index (χ2n) is 8.24. The molecule has 0 aliphatic heterocycles. The van der Waals surface area contributed by atoms with Gasteiger partial charge in [-0.15, -0.1) is 11.3 Å². The van der Waals surface area contributed by atoms with E-state index in [1.54, 1.807) is 17.5 Å². The first-order chi connectivity index (χ1) is 15.6. The van der Waals surface area contributed by atoms with Crippen molar-refractivity contribution in [3.8, 4) is 11.3 Å². The van der Waals surface area contributed by atoms with Crippen LogP contribution in [0.25, 0.3) is 42.2 Å². The van der Waals surface area contributed by atoms with Gasteiger partial charge in [0.05, 0.1) is 5.69 Å². The Labute approximate surface area is 183 Å². The zero-order valence-corrected chi connectivity index (χ0v) is 17.6. The van der Waals surface area contributed by atoms with Crippen LogP contribution in [-0.2, 0) is 6.37 Å². The fraction of sp³-hybridized carbons (Fsp3) is 0.259. The van der Waals surface area contributed by atoms with Crippen molar-refractivity contribution in [3.63, 3.8) is 0 Å². The number of hydrogen-bond acceptors (Lipinski definition) is 3. The highest BCUT2D eigenvalue weighted by Crippen LogP contribution is 2.42. The van der Waals surface area contributed by atoms with Gasteiger partial charge in [0.15, 0.2) is 0 Å². The molecule has 0 bridgehead atoms. The molecule has 3 heteroatoms. The molecule has 2 nitrogen and oxygen atoms in total. The maximum absolute atomic E-state index is 8.89. The quantitative estimate of drug-likeness (QED) is 0.303. The topological polar surface area (TPSA) is 25.8 Å². The van der Waals surface area contributed by atoms with Gasteiger partial charge in [-0.1, -0.05) is 68.5 Å². The predicted molar refractivity (Wildman–Crippen MR) is 128 cm³/mol. The van der Waals surface area contributed by atoms with E-state index in [2.05, 4.69) is 46.4 Å². The van der Waals surface area contributed by atoms with Crippen molar-refractivity contribution in [1.82, 2.24) is 9.97 Å². The number of nitrogens with zero attached hydrogens (tertiary/aromatic N) is 2. The molecule has 1 aliphatic rings. The maximum Gasteiger partial charge on any atom is 0.0734 e. The minimum atomic E-state index is -1.34. The van der Waals surface area contributed by atoms with Gasteiger partial charge < -0.3 is 0 Å². The lowest BCUT2D eigenvalue weighted by Gasteiger charge is -2.21. The second kappa shape index (κ2) is 7.48. The number of fused-ring (bicyclic) bond motifs is 5. The second-order valence-corrected chi connectivity index (χ2v) is 9.26. The maximum atomic E-state index is 8.89. The molecule has 6 rings (SSSR count). The Morgan fingerprint density at radius 3 is 2.73 bits per heavy atom. The van der Waals surface area contributed by atoms with Gasteiger partial charge in [0.25, 0.3) is 0 Å². The van der Waals surface area contributed by atoms with Gasteiger partial charge in [-0.05, 0) is 40.8 Å². The van der Waals surface area contributed by atoms with Crippen molar-refractivity contribution in [3.05, 3.63) is 72.7 Å². The van der Waals surface area contributed by atoms with E-state index in [-0.39, 0.29) is 5.92 Å². The summed E-state index contributed by atoms with van der Waals surface area (Å²) >= 11 is 1.78. The zero-order valence-electron chi connectivity index (χ0n) is 18.8. The molecule has 3 heterocycles. The summed E-state index contributed by atoms with van der Waals surface area (Å²) in [6.07, 6.45) is 9.64. The number of thiophene rings is 1. The summed E-state index contributed by atoms with van der Waals surface area (Å²) in [5.74, 6) is 0.0797. The molecular formula is C27H24N2S. The van der Waals surface area contributed by atoms with Crippen LogP contribution in [-0.4, -0.2) is 9.97 Å². The third-order valence-corrected chi connectivity index (χ3v) is 7.57. The molecule has 1 fully saturated rings. The Morgan fingerprint density at radius 1 is 0.900 bits per heavy atom. The molecule has 3 aromatic heterocycles. The highest BCUT2D eigenvalue weighted by molar-refractivity contribution is 7.27. The van der Waals surface area contributed by atoms with Gasteiger partial charge >= 0.3 is 0 Å². The summed E-state index contributed by atoms with van der Waals surface area (Å²) in [6.45, 7) is 0. The number of benzene rings is 2. The van der Waals surface area contributed by atoms with Gasteiger partial charge in [-0.3, -0.25) is 9.97 Å². The average molecular weight is 411 g/mol. The normalized spacial score (nSPS) is 16.8. The standard InChI is InChI=1S/C27H24N2S/c1-2-6-18(7-3-1)14-19-12-13-29-25(15-19)24-17-28-16-23-22-11-10-20-8-4-5-9-21(20)26(22)30-27(23)24/h4-5,8-13,15-18H,1-3,6-7,14H2/i14D2. The molecule has 0 atom stereocenters. The zero-order chi connectivity index (χ0) is 21.7. The third-order valence-electron chi connectivity index (χ3n) is 6.28. The first-order valence-corrected chi connectivity index (χ1v) is 11.6. The van der Waals surface area contributed by atoms with Crippen molar-refractivity contribution in [2.75, 3.05) is 0 Å². The Bertz CT molecular complexity index is 1450. The van der Waals surface area contributed by atoms with E-state index in [1.165, 1.54) is 27.3 Å². The number of aromatic nitrogens is 2. The van der Waals surface area contributed by atoms with Crippen LogP contribution in [0.3, 0.4) is 0 Å². The largest absolute Gasteiger partial charge is 0.263 e.